The van der Waals surface area contributed by atoms with E-state index in [2.05, 4.69) is 30.7 Å². The maximum Gasteiger partial charge on any atom is 0.203 e. The van der Waals surface area contributed by atoms with Crippen LogP contribution in [0.3, 0.4) is 0 Å². The number of aromatic amines is 1. The van der Waals surface area contributed by atoms with E-state index >= 15 is 0 Å². The summed E-state index contributed by atoms with van der Waals surface area (Å²) < 4.78 is 1.74. The number of fused-ring (bicyclic) bond motifs is 2. The molecular weight excluding hydrogens is 292 g/mol. The normalized spacial score (nSPS) is 11.5. The number of nitrogens with zero attached hydrogens (tertiary/aromatic N) is 6. The highest BCUT2D eigenvalue weighted by molar-refractivity contribution is 6.34. The number of anilines is 1. The molecule has 0 aliphatic heterocycles. The van der Waals surface area contributed by atoms with E-state index < -0.39 is 0 Å². The van der Waals surface area contributed by atoms with Crippen molar-refractivity contribution in [2.24, 2.45) is 0 Å². The zero-order chi connectivity index (χ0) is 14.4. The van der Waals surface area contributed by atoms with Crippen LogP contribution in [0.2, 0.25) is 5.02 Å². The van der Waals surface area contributed by atoms with E-state index in [0.717, 1.165) is 11.1 Å². The van der Waals surface area contributed by atoms with Crippen molar-refractivity contribution < 1.29 is 0 Å². The van der Waals surface area contributed by atoms with Gasteiger partial charge in [-0.1, -0.05) is 22.9 Å². The molecular formula is C12H9ClN8. The van der Waals surface area contributed by atoms with Crippen LogP contribution in [-0.4, -0.2) is 35.4 Å². The number of pyridine rings is 1. The number of nitrogen functional groups attached to an aromatic ring is 1. The molecule has 104 valence electrons. The lowest BCUT2D eigenvalue weighted by atomic mass is 10.2. The first-order valence-corrected chi connectivity index (χ1v) is 6.54. The van der Waals surface area contributed by atoms with E-state index in [1.54, 1.807) is 16.8 Å². The quantitative estimate of drug-likeness (QED) is 0.578. The first-order valence-electron chi connectivity index (χ1n) is 6.16. The third-order valence-corrected chi connectivity index (χ3v) is 3.51. The summed E-state index contributed by atoms with van der Waals surface area (Å²) in [6.07, 6.45) is 0. The summed E-state index contributed by atoms with van der Waals surface area (Å²) in [7, 11) is 0. The first-order chi connectivity index (χ1) is 10.2. The van der Waals surface area contributed by atoms with Gasteiger partial charge in [-0.05, 0) is 18.2 Å². The fourth-order valence-electron chi connectivity index (χ4n) is 2.28. The maximum absolute atomic E-state index is 6.10. The monoisotopic (exact) mass is 300 g/mol. The average Bonchev–Trinajstić information content (AvgIpc) is 3.07. The van der Waals surface area contributed by atoms with Crippen molar-refractivity contribution in [3.8, 4) is 0 Å². The minimum absolute atomic E-state index is 0.383. The van der Waals surface area contributed by atoms with Crippen LogP contribution in [0.5, 0.6) is 0 Å². The average molecular weight is 301 g/mol. The number of benzene rings is 1. The van der Waals surface area contributed by atoms with Crippen molar-refractivity contribution in [2.45, 2.75) is 6.54 Å². The predicted octanol–water partition coefficient (Wildman–Crippen LogP) is 1.38. The van der Waals surface area contributed by atoms with Crippen molar-refractivity contribution in [3.05, 3.63) is 34.9 Å². The van der Waals surface area contributed by atoms with Gasteiger partial charge in [0, 0.05) is 5.56 Å². The predicted molar refractivity (Wildman–Crippen MR) is 77.7 cm³/mol. The molecule has 0 fully saturated rings. The number of nitrogens with one attached hydrogen (secondary N) is 1. The van der Waals surface area contributed by atoms with Gasteiger partial charge in [0.15, 0.2) is 0 Å². The Kier molecular flexibility index (Phi) is 2.51. The van der Waals surface area contributed by atoms with E-state index in [4.69, 9.17) is 17.3 Å². The van der Waals surface area contributed by atoms with Crippen LogP contribution in [-0.2, 0) is 6.54 Å². The summed E-state index contributed by atoms with van der Waals surface area (Å²) >= 11 is 6.10. The molecule has 3 heterocycles. The second-order valence-electron chi connectivity index (χ2n) is 4.56. The molecule has 0 saturated carbocycles. The highest BCUT2D eigenvalue weighted by Crippen LogP contribution is 2.22. The Hall–Kier alpha value is -2.74. The van der Waals surface area contributed by atoms with Crippen LogP contribution in [0, 0.1) is 0 Å². The minimum Gasteiger partial charge on any atom is -0.384 e. The summed E-state index contributed by atoms with van der Waals surface area (Å²) in [5, 5.41) is 19.4. The summed E-state index contributed by atoms with van der Waals surface area (Å²) in [5.41, 5.74) is 9.30. The Morgan fingerprint density at radius 1 is 1.24 bits per heavy atom. The molecule has 3 aromatic heterocycles. The van der Waals surface area contributed by atoms with Gasteiger partial charge in [0.25, 0.3) is 0 Å². The van der Waals surface area contributed by atoms with Gasteiger partial charge in [0.1, 0.15) is 16.9 Å². The number of rotatable bonds is 2. The number of hydrogen-bond acceptors (Lipinski definition) is 6. The first kappa shape index (κ1) is 12.0. The zero-order valence-electron chi connectivity index (χ0n) is 10.7. The fourth-order valence-corrected chi connectivity index (χ4v) is 2.48. The molecule has 0 aliphatic rings. The van der Waals surface area contributed by atoms with Crippen LogP contribution in [0.25, 0.3) is 22.2 Å². The largest absolute Gasteiger partial charge is 0.384 e. The molecule has 3 N–H and O–H groups in total. The van der Waals surface area contributed by atoms with Gasteiger partial charge in [0.2, 0.25) is 5.65 Å². The summed E-state index contributed by atoms with van der Waals surface area (Å²) in [5.74, 6) is 0.383. The molecule has 0 unspecified atom stereocenters. The highest BCUT2D eigenvalue weighted by atomic mass is 35.5. The summed E-state index contributed by atoms with van der Waals surface area (Å²) in [4.78, 5) is 4.11. The zero-order valence-corrected chi connectivity index (χ0v) is 11.4. The molecule has 0 spiro atoms. The lowest BCUT2D eigenvalue weighted by Crippen LogP contribution is -2.04. The third kappa shape index (κ3) is 1.88. The number of H-pyrrole nitrogens is 1. The van der Waals surface area contributed by atoms with Gasteiger partial charge in [0.05, 0.1) is 17.1 Å². The lowest BCUT2D eigenvalue weighted by molar-refractivity contribution is 0.671. The smallest absolute Gasteiger partial charge is 0.203 e. The number of nitrogens with two attached hydrogens (primary N) is 1. The fraction of sp³-hybridized carbons (Fsp3) is 0.0833. The van der Waals surface area contributed by atoms with E-state index in [1.165, 1.54) is 0 Å². The van der Waals surface area contributed by atoms with Crippen molar-refractivity contribution in [1.29, 1.82) is 0 Å². The Morgan fingerprint density at radius 3 is 3.05 bits per heavy atom. The van der Waals surface area contributed by atoms with E-state index in [1.807, 2.05) is 12.1 Å². The molecule has 0 aliphatic carbocycles. The Labute approximate surface area is 122 Å². The number of hydrogen-bond donors (Lipinski definition) is 2. The number of aromatic nitrogens is 7. The molecule has 0 radical (unpaired) electrons. The topological polar surface area (TPSA) is 111 Å². The van der Waals surface area contributed by atoms with E-state index in [9.17, 15) is 0 Å². The van der Waals surface area contributed by atoms with Gasteiger partial charge in [-0.15, -0.1) is 10.2 Å². The minimum atomic E-state index is 0.383. The lowest BCUT2D eigenvalue weighted by Gasteiger charge is -2.04. The standard InChI is InChI=1S/C12H9ClN8/c13-7-2-1-3-8-11(7)17-20-21(8)5-6-4-9(14)15-12-10(6)16-19-18-12/h1-4H,5H2,(H3,14,15,16,18,19). The van der Waals surface area contributed by atoms with Gasteiger partial charge >= 0.3 is 0 Å². The molecule has 0 amide bonds. The van der Waals surface area contributed by atoms with Crippen LogP contribution < -0.4 is 5.73 Å². The van der Waals surface area contributed by atoms with Crippen molar-refractivity contribution in [1.82, 2.24) is 35.4 Å². The Balaban J connectivity index is 1.87. The van der Waals surface area contributed by atoms with Gasteiger partial charge in [-0.25, -0.2) is 9.67 Å². The van der Waals surface area contributed by atoms with Gasteiger partial charge in [-0.3, -0.25) is 0 Å². The highest BCUT2D eigenvalue weighted by Gasteiger charge is 2.12. The van der Waals surface area contributed by atoms with Crippen LogP contribution in [0.15, 0.2) is 24.3 Å². The number of halogens is 1. The van der Waals surface area contributed by atoms with Gasteiger partial charge in [-0.2, -0.15) is 10.3 Å². The molecule has 9 heteroatoms. The summed E-state index contributed by atoms with van der Waals surface area (Å²) in [6, 6.07) is 7.30. The second-order valence-corrected chi connectivity index (χ2v) is 4.96. The van der Waals surface area contributed by atoms with Crippen LogP contribution in [0.1, 0.15) is 5.56 Å². The van der Waals surface area contributed by atoms with Crippen molar-refractivity contribution in [2.75, 3.05) is 5.73 Å². The third-order valence-electron chi connectivity index (χ3n) is 3.21. The molecule has 0 bridgehead atoms. The van der Waals surface area contributed by atoms with Gasteiger partial charge < -0.3 is 5.73 Å². The van der Waals surface area contributed by atoms with Crippen LogP contribution >= 0.6 is 11.6 Å². The molecule has 4 aromatic rings. The van der Waals surface area contributed by atoms with Crippen LogP contribution in [0.4, 0.5) is 5.82 Å². The molecule has 0 atom stereocenters. The van der Waals surface area contributed by atoms with E-state index in [0.29, 0.717) is 34.1 Å². The summed E-state index contributed by atoms with van der Waals surface area (Å²) in [6.45, 7) is 0.451. The molecule has 8 nitrogen and oxygen atoms in total. The maximum atomic E-state index is 6.10. The van der Waals surface area contributed by atoms with Crippen molar-refractivity contribution in [3.63, 3.8) is 0 Å². The molecule has 0 saturated heterocycles. The Bertz CT molecular complexity index is 956. The Morgan fingerprint density at radius 2 is 2.14 bits per heavy atom. The molecule has 1 aromatic carbocycles. The second kappa shape index (κ2) is 4.38. The molecule has 4 rings (SSSR count). The SMILES string of the molecule is Nc1cc(Cn2nnc3c(Cl)cccc32)c2n[nH]nc2n1. The van der Waals surface area contributed by atoms with Crippen molar-refractivity contribution >= 4 is 39.6 Å². The molecule has 21 heavy (non-hydrogen) atoms. The van der Waals surface area contributed by atoms with E-state index in [-0.39, 0.29) is 0 Å².